The fourth-order valence-corrected chi connectivity index (χ4v) is 3.83. The average Bonchev–Trinajstić information content (AvgIpc) is 2.45. The molecule has 1 aliphatic rings. The number of carboxylic acids is 1. The molecule has 6 heteroatoms. The molecule has 1 saturated heterocycles. The third-order valence-electron chi connectivity index (χ3n) is 3.30. The molecule has 2 N–H and O–H groups in total. The second-order valence-electron chi connectivity index (χ2n) is 4.80. The molecule has 1 heterocycles. The van der Waals surface area contributed by atoms with Crippen molar-refractivity contribution in [2.75, 3.05) is 18.1 Å². The SMILES string of the molecule is O=C(O)c1cc(Br)cc(C(=O)NCC2CCSCC2)c1. The van der Waals surface area contributed by atoms with E-state index in [4.69, 9.17) is 5.11 Å². The molecule has 0 saturated carbocycles. The first-order chi connectivity index (χ1) is 9.56. The van der Waals surface area contributed by atoms with Gasteiger partial charge in [-0.2, -0.15) is 11.8 Å². The van der Waals surface area contributed by atoms with E-state index in [9.17, 15) is 9.59 Å². The predicted octanol–water partition coefficient (Wildman–Crippen LogP) is 3.02. The van der Waals surface area contributed by atoms with Crippen LogP contribution in [0.15, 0.2) is 22.7 Å². The molecular weight excluding hydrogens is 342 g/mol. The number of carbonyl (C=O) groups excluding carboxylic acids is 1. The van der Waals surface area contributed by atoms with Gasteiger partial charge in [-0.25, -0.2) is 4.79 Å². The number of thioether (sulfide) groups is 1. The van der Waals surface area contributed by atoms with Crippen LogP contribution in [0.3, 0.4) is 0 Å². The van der Waals surface area contributed by atoms with Gasteiger partial charge in [-0.05, 0) is 48.5 Å². The highest BCUT2D eigenvalue weighted by Crippen LogP contribution is 2.22. The van der Waals surface area contributed by atoms with E-state index in [2.05, 4.69) is 21.2 Å². The van der Waals surface area contributed by atoms with Crippen LogP contribution in [0.1, 0.15) is 33.6 Å². The van der Waals surface area contributed by atoms with Crippen LogP contribution in [0.4, 0.5) is 0 Å². The summed E-state index contributed by atoms with van der Waals surface area (Å²) in [5, 5.41) is 11.9. The number of rotatable bonds is 4. The zero-order valence-corrected chi connectivity index (χ0v) is 13.3. The molecule has 0 atom stereocenters. The summed E-state index contributed by atoms with van der Waals surface area (Å²) in [4.78, 5) is 23.1. The van der Waals surface area contributed by atoms with Gasteiger partial charge in [0.1, 0.15) is 0 Å². The molecule has 1 aliphatic heterocycles. The first-order valence-electron chi connectivity index (χ1n) is 6.46. The zero-order chi connectivity index (χ0) is 14.5. The van der Waals surface area contributed by atoms with Crippen molar-refractivity contribution in [3.05, 3.63) is 33.8 Å². The lowest BCUT2D eigenvalue weighted by Crippen LogP contribution is -2.31. The Balaban J connectivity index is 1.99. The van der Waals surface area contributed by atoms with E-state index in [1.165, 1.54) is 12.1 Å². The Morgan fingerprint density at radius 2 is 1.90 bits per heavy atom. The number of halogens is 1. The Morgan fingerprint density at radius 1 is 1.25 bits per heavy atom. The van der Waals surface area contributed by atoms with Crippen LogP contribution >= 0.6 is 27.7 Å². The summed E-state index contributed by atoms with van der Waals surface area (Å²) >= 11 is 5.18. The van der Waals surface area contributed by atoms with E-state index in [-0.39, 0.29) is 11.5 Å². The summed E-state index contributed by atoms with van der Waals surface area (Å²) in [6, 6.07) is 4.52. The summed E-state index contributed by atoms with van der Waals surface area (Å²) in [6.45, 7) is 0.661. The average molecular weight is 358 g/mol. The van der Waals surface area contributed by atoms with Gasteiger partial charge in [0.15, 0.2) is 0 Å². The Bertz CT molecular complexity index is 515. The topological polar surface area (TPSA) is 66.4 Å². The Kier molecular flexibility index (Phi) is 5.48. The molecule has 0 spiro atoms. The molecule has 20 heavy (non-hydrogen) atoms. The van der Waals surface area contributed by atoms with Crippen molar-refractivity contribution in [1.29, 1.82) is 0 Å². The molecule has 0 bridgehead atoms. The maximum atomic E-state index is 12.1. The molecule has 0 aliphatic carbocycles. The number of aromatic carboxylic acids is 1. The number of carboxylic acid groups (broad SMARTS) is 1. The molecular formula is C14H16BrNO3S. The smallest absolute Gasteiger partial charge is 0.335 e. The van der Waals surface area contributed by atoms with Crippen molar-refractivity contribution in [1.82, 2.24) is 5.32 Å². The Hall–Kier alpha value is -1.01. The van der Waals surface area contributed by atoms with Gasteiger partial charge < -0.3 is 10.4 Å². The number of amides is 1. The number of hydrogen-bond donors (Lipinski definition) is 2. The van der Waals surface area contributed by atoms with Gasteiger partial charge in [-0.3, -0.25) is 4.79 Å². The lowest BCUT2D eigenvalue weighted by molar-refractivity contribution is 0.0697. The minimum atomic E-state index is -1.04. The standard InChI is InChI=1S/C14H16BrNO3S/c15-12-6-10(5-11(7-12)14(18)19)13(17)16-8-9-1-3-20-4-2-9/h5-7,9H,1-4,8H2,(H,16,17)(H,18,19). The highest BCUT2D eigenvalue weighted by Gasteiger charge is 2.16. The highest BCUT2D eigenvalue weighted by molar-refractivity contribution is 9.10. The molecule has 4 nitrogen and oxygen atoms in total. The summed E-state index contributed by atoms with van der Waals surface area (Å²) in [7, 11) is 0. The van der Waals surface area contributed by atoms with Gasteiger partial charge in [0.05, 0.1) is 5.56 Å². The lowest BCUT2D eigenvalue weighted by Gasteiger charge is -2.21. The molecule has 1 aromatic carbocycles. The Labute approximate surface area is 130 Å². The molecule has 1 amide bonds. The van der Waals surface area contributed by atoms with Crippen LogP contribution in [0.5, 0.6) is 0 Å². The van der Waals surface area contributed by atoms with Gasteiger partial charge in [-0.1, -0.05) is 15.9 Å². The third-order valence-corrected chi connectivity index (χ3v) is 4.81. The van der Waals surface area contributed by atoms with E-state index in [1.54, 1.807) is 6.07 Å². The Morgan fingerprint density at radius 3 is 2.55 bits per heavy atom. The largest absolute Gasteiger partial charge is 0.478 e. The van der Waals surface area contributed by atoms with E-state index in [0.29, 0.717) is 22.5 Å². The number of nitrogens with one attached hydrogen (secondary N) is 1. The van der Waals surface area contributed by atoms with Crippen molar-refractivity contribution in [2.24, 2.45) is 5.92 Å². The minimum absolute atomic E-state index is 0.110. The molecule has 0 radical (unpaired) electrons. The van der Waals surface area contributed by atoms with E-state index in [0.717, 1.165) is 24.3 Å². The summed E-state index contributed by atoms with van der Waals surface area (Å²) in [6.07, 6.45) is 2.26. The van der Waals surface area contributed by atoms with Crippen LogP contribution < -0.4 is 5.32 Å². The molecule has 1 fully saturated rings. The van der Waals surface area contributed by atoms with E-state index >= 15 is 0 Å². The van der Waals surface area contributed by atoms with Gasteiger partial charge >= 0.3 is 5.97 Å². The van der Waals surface area contributed by atoms with Crippen molar-refractivity contribution in [3.63, 3.8) is 0 Å². The van der Waals surface area contributed by atoms with Gasteiger partial charge in [-0.15, -0.1) is 0 Å². The zero-order valence-electron chi connectivity index (χ0n) is 10.9. The number of carbonyl (C=O) groups is 2. The van der Waals surface area contributed by atoms with Crippen LogP contribution in [0.2, 0.25) is 0 Å². The number of hydrogen-bond acceptors (Lipinski definition) is 3. The van der Waals surface area contributed by atoms with Crippen LogP contribution in [-0.2, 0) is 0 Å². The fourth-order valence-electron chi connectivity index (χ4n) is 2.13. The minimum Gasteiger partial charge on any atom is -0.478 e. The summed E-state index contributed by atoms with van der Waals surface area (Å²) in [5.74, 6) is 1.59. The van der Waals surface area contributed by atoms with Crippen LogP contribution in [-0.4, -0.2) is 35.0 Å². The second-order valence-corrected chi connectivity index (χ2v) is 6.94. The first-order valence-corrected chi connectivity index (χ1v) is 8.41. The molecule has 108 valence electrons. The van der Waals surface area contributed by atoms with Crippen LogP contribution in [0, 0.1) is 5.92 Å². The molecule has 2 rings (SSSR count). The maximum Gasteiger partial charge on any atom is 0.335 e. The van der Waals surface area contributed by atoms with Crippen molar-refractivity contribution in [3.8, 4) is 0 Å². The summed E-state index contributed by atoms with van der Waals surface area (Å²) < 4.78 is 0.594. The molecule has 0 aromatic heterocycles. The molecule has 0 unspecified atom stereocenters. The van der Waals surface area contributed by atoms with E-state index < -0.39 is 5.97 Å². The van der Waals surface area contributed by atoms with Gasteiger partial charge in [0.2, 0.25) is 0 Å². The van der Waals surface area contributed by atoms with Crippen molar-refractivity contribution < 1.29 is 14.7 Å². The maximum absolute atomic E-state index is 12.1. The van der Waals surface area contributed by atoms with Crippen molar-refractivity contribution in [2.45, 2.75) is 12.8 Å². The first kappa shape index (κ1) is 15.4. The van der Waals surface area contributed by atoms with Gasteiger partial charge in [0, 0.05) is 16.6 Å². The summed E-state index contributed by atoms with van der Waals surface area (Å²) in [5.41, 5.74) is 0.487. The predicted molar refractivity (Wildman–Crippen MR) is 83.5 cm³/mol. The highest BCUT2D eigenvalue weighted by atomic mass is 79.9. The van der Waals surface area contributed by atoms with Crippen molar-refractivity contribution >= 4 is 39.6 Å². The third kappa shape index (κ3) is 4.24. The van der Waals surface area contributed by atoms with Crippen LogP contribution in [0.25, 0.3) is 0 Å². The normalized spacial score (nSPS) is 15.8. The monoisotopic (exact) mass is 357 g/mol. The van der Waals surface area contributed by atoms with Gasteiger partial charge in [0.25, 0.3) is 5.91 Å². The quantitative estimate of drug-likeness (QED) is 0.868. The van der Waals surface area contributed by atoms with E-state index in [1.807, 2.05) is 11.8 Å². The lowest BCUT2D eigenvalue weighted by atomic mass is 10.0. The fraction of sp³-hybridized carbons (Fsp3) is 0.429. The molecule has 1 aromatic rings. The number of benzene rings is 1. The second kappa shape index (κ2) is 7.13.